The van der Waals surface area contributed by atoms with Gasteiger partial charge in [-0.25, -0.2) is 18.1 Å². The van der Waals surface area contributed by atoms with Crippen molar-refractivity contribution in [1.82, 2.24) is 9.71 Å². The lowest BCUT2D eigenvalue weighted by atomic mass is 9.94. The third kappa shape index (κ3) is 2.27. The molecule has 2 rings (SSSR count). The van der Waals surface area contributed by atoms with Crippen LogP contribution in [0.5, 0.6) is 0 Å². The molecule has 0 aliphatic heterocycles. The molecule has 0 unspecified atom stereocenters. The van der Waals surface area contributed by atoms with E-state index < -0.39 is 10.0 Å². The molecule has 1 aliphatic carbocycles. The van der Waals surface area contributed by atoms with E-state index in [9.17, 15) is 8.42 Å². The molecule has 1 fully saturated rings. The maximum atomic E-state index is 11.8. The summed E-state index contributed by atoms with van der Waals surface area (Å²) in [5.41, 5.74) is 5.43. The number of hydrogen-bond donors (Lipinski definition) is 2. The van der Waals surface area contributed by atoms with Crippen molar-refractivity contribution in [2.75, 3.05) is 5.73 Å². The number of nitrogen functional groups attached to an aromatic ring is 1. The number of rotatable bonds is 3. The van der Waals surface area contributed by atoms with Gasteiger partial charge in [0.2, 0.25) is 10.0 Å². The van der Waals surface area contributed by atoms with Gasteiger partial charge in [0.1, 0.15) is 5.82 Å². The Labute approximate surface area is 88.8 Å². The van der Waals surface area contributed by atoms with E-state index in [-0.39, 0.29) is 16.8 Å². The predicted molar refractivity (Wildman–Crippen MR) is 56.6 cm³/mol. The lowest BCUT2D eigenvalue weighted by Gasteiger charge is -2.26. The van der Waals surface area contributed by atoms with Crippen LogP contribution in [-0.4, -0.2) is 19.4 Å². The first-order chi connectivity index (χ1) is 7.08. The van der Waals surface area contributed by atoms with E-state index in [0.29, 0.717) is 0 Å². The summed E-state index contributed by atoms with van der Waals surface area (Å²) >= 11 is 0. The molecule has 0 radical (unpaired) electrons. The van der Waals surface area contributed by atoms with E-state index in [1.54, 1.807) is 0 Å². The zero-order valence-corrected chi connectivity index (χ0v) is 9.00. The van der Waals surface area contributed by atoms with Gasteiger partial charge in [-0.05, 0) is 18.9 Å². The molecule has 6 heteroatoms. The molecule has 3 N–H and O–H groups in total. The maximum absolute atomic E-state index is 11.8. The highest BCUT2D eigenvalue weighted by molar-refractivity contribution is 7.89. The minimum atomic E-state index is -3.41. The molecule has 1 aromatic rings. The molecule has 1 heterocycles. The van der Waals surface area contributed by atoms with Crippen molar-refractivity contribution in [3.8, 4) is 0 Å². The van der Waals surface area contributed by atoms with Gasteiger partial charge in [0, 0.05) is 18.3 Å². The molecular weight excluding hydrogens is 214 g/mol. The Morgan fingerprint density at radius 3 is 2.73 bits per heavy atom. The third-order valence-corrected chi connectivity index (χ3v) is 4.01. The van der Waals surface area contributed by atoms with Crippen molar-refractivity contribution >= 4 is 15.8 Å². The molecule has 0 atom stereocenters. The van der Waals surface area contributed by atoms with Crippen LogP contribution in [0.1, 0.15) is 19.3 Å². The summed E-state index contributed by atoms with van der Waals surface area (Å²) in [5, 5.41) is 0. The first kappa shape index (κ1) is 10.4. The van der Waals surface area contributed by atoms with Gasteiger partial charge in [0.05, 0.1) is 4.90 Å². The van der Waals surface area contributed by atoms with Gasteiger partial charge in [0.25, 0.3) is 0 Å². The van der Waals surface area contributed by atoms with Crippen LogP contribution < -0.4 is 10.5 Å². The van der Waals surface area contributed by atoms with Crippen LogP contribution in [0.15, 0.2) is 23.2 Å². The Hall–Kier alpha value is -1.14. The average molecular weight is 227 g/mol. The fourth-order valence-electron chi connectivity index (χ4n) is 1.41. The van der Waals surface area contributed by atoms with Gasteiger partial charge < -0.3 is 5.73 Å². The van der Waals surface area contributed by atoms with Crippen molar-refractivity contribution in [3.63, 3.8) is 0 Å². The molecule has 82 valence electrons. The number of nitrogens with zero attached hydrogens (tertiary/aromatic N) is 1. The van der Waals surface area contributed by atoms with Crippen molar-refractivity contribution in [2.45, 2.75) is 30.2 Å². The average Bonchev–Trinajstić information content (AvgIpc) is 2.12. The van der Waals surface area contributed by atoms with Gasteiger partial charge in [-0.15, -0.1) is 0 Å². The van der Waals surface area contributed by atoms with Crippen molar-refractivity contribution < 1.29 is 8.42 Å². The van der Waals surface area contributed by atoms with Crippen molar-refractivity contribution in [2.24, 2.45) is 0 Å². The molecular formula is C9H13N3O2S. The largest absolute Gasteiger partial charge is 0.384 e. The molecule has 0 amide bonds. The summed E-state index contributed by atoms with van der Waals surface area (Å²) in [6, 6.07) is 2.89. The molecule has 0 bridgehead atoms. The SMILES string of the molecule is Nc1cc(S(=O)(=O)NC2CCC2)ccn1. The van der Waals surface area contributed by atoms with Crippen molar-refractivity contribution in [1.29, 1.82) is 0 Å². The molecule has 0 aromatic carbocycles. The number of nitrogens with two attached hydrogens (primary N) is 1. The molecule has 1 aromatic heterocycles. The highest BCUT2D eigenvalue weighted by atomic mass is 32.2. The van der Waals surface area contributed by atoms with Crippen LogP contribution >= 0.6 is 0 Å². The lowest BCUT2D eigenvalue weighted by Crippen LogP contribution is -2.39. The van der Waals surface area contributed by atoms with Crippen LogP contribution in [0.25, 0.3) is 0 Å². The quantitative estimate of drug-likeness (QED) is 0.787. The van der Waals surface area contributed by atoms with E-state index in [2.05, 4.69) is 9.71 Å². The molecule has 0 spiro atoms. The Morgan fingerprint density at radius 1 is 1.47 bits per heavy atom. The normalized spacial score (nSPS) is 17.3. The van der Waals surface area contributed by atoms with Gasteiger partial charge in [-0.3, -0.25) is 0 Å². The number of pyridine rings is 1. The minimum Gasteiger partial charge on any atom is -0.384 e. The number of anilines is 1. The van der Waals surface area contributed by atoms with Gasteiger partial charge in [-0.1, -0.05) is 6.42 Å². The summed E-state index contributed by atoms with van der Waals surface area (Å²) in [6.07, 6.45) is 4.32. The van der Waals surface area contributed by atoms with E-state index in [4.69, 9.17) is 5.73 Å². The monoisotopic (exact) mass is 227 g/mol. The van der Waals surface area contributed by atoms with Crippen LogP contribution in [0.2, 0.25) is 0 Å². The summed E-state index contributed by atoms with van der Waals surface area (Å²) in [5.74, 6) is 0.214. The van der Waals surface area contributed by atoms with Crippen LogP contribution in [0, 0.1) is 0 Å². The number of nitrogens with one attached hydrogen (secondary N) is 1. The van der Waals surface area contributed by atoms with E-state index >= 15 is 0 Å². The third-order valence-electron chi connectivity index (χ3n) is 2.49. The van der Waals surface area contributed by atoms with Crippen LogP contribution in [0.4, 0.5) is 5.82 Å². The van der Waals surface area contributed by atoms with E-state index in [1.807, 2.05) is 0 Å². The van der Waals surface area contributed by atoms with E-state index in [1.165, 1.54) is 18.3 Å². The number of hydrogen-bond acceptors (Lipinski definition) is 4. The zero-order valence-electron chi connectivity index (χ0n) is 8.18. The Kier molecular flexibility index (Phi) is 2.62. The molecule has 1 aliphatic rings. The second kappa shape index (κ2) is 3.79. The topological polar surface area (TPSA) is 85.1 Å². The maximum Gasteiger partial charge on any atom is 0.241 e. The van der Waals surface area contributed by atoms with Gasteiger partial charge in [0.15, 0.2) is 0 Å². The second-order valence-electron chi connectivity index (χ2n) is 3.67. The molecule has 15 heavy (non-hydrogen) atoms. The van der Waals surface area contributed by atoms with Gasteiger partial charge >= 0.3 is 0 Å². The van der Waals surface area contributed by atoms with Crippen LogP contribution in [-0.2, 0) is 10.0 Å². The highest BCUT2D eigenvalue weighted by Crippen LogP contribution is 2.21. The standard InChI is InChI=1S/C9H13N3O2S/c10-9-6-8(4-5-11-9)15(13,14)12-7-2-1-3-7/h4-7,12H,1-3H2,(H2,10,11). The van der Waals surface area contributed by atoms with Crippen LogP contribution in [0.3, 0.4) is 0 Å². The fourth-order valence-corrected chi connectivity index (χ4v) is 2.74. The zero-order chi connectivity index (χ0) is 10.9. The number of aromatic nitrogens is 1. The second-order valence-corrected chi connectivity index (χ2v) is 5.38. The summed E-state index contributed by atoms with van der Waals surface area (Å²) < 4.78 is 26.2. The Morgan fingerprint density at radius 2 is 2.20 bits per heavy atom. The summed E-state index contributed by atoms with van der Waals surface area (Å²) in [6.45, 7) is 0. The molecule has 0 saturated heterocycles. The Balaban J connectivity index is 2.20. The minimum absolute atomic E-state index is 0.0874. The summed E-state index contributed by atoms with van der Waals surface area (Å²) in [7, 11) is -3.41. The number of sulfonamides is 1. The smallest absolute Gasteiger partial charge is 0.241 e. The first-order valence-corrected chi connectivity index (χ1v) is 6.30. The lowest BCUT2D eigenvalue weighted by molar-refractivity contribution is 0.383. The first-order valence-electron chi connectivity index (χ1n) is 4.82. The fraction of sp³-hybridized carbons (Fsp3) is 0.444. The summed E-state index contributed by atoms with van der Waals surface area (Å²) in [4.78, 5) is 3.93. The molecule has 5 nitrogen and oxygen atoms in total. The van der Waals surface area contributed by atoms with Crippen molar-refractivity contribution in [3.05, 3.63) is 18.3 Å². The molecule has 1 saturated carbocycles. The van der Waals surface area contributed by atoms with E-state index in [0.717, 1.165) is 19.3 Å². The highest BCUT2D eigenvalue weighted by Gasteiger charge is 2.24. The Bertz CT molecular complexity index is 454. The van der Waals surface area contributed by atoms with Gasteiger partial charge in [-0.2, -0.15) is 0 Å². The predicted octanol–water partition coefficient (Wildman–Crippen LogP) is 0.495.